The van der Waals surface area contributed by atoms with Crippen molar-refractivity contribution in [3.8, 4) is 11.5 Å². The largest absolute Gasteiger partial charge is 0.490 e. The van der Waals surface area contributed by atoms with Crippen molar-refractivity contribution >= 4 is 23.2 Å². The topological polar surface area (TPSA) is 52.0 Å². The highest BCUT2D eigenvalue weighted by Crippen LogP contribution is 2.32. The molecular weight excluding hydrogens is 376 g/mol. The van der Waals surface area contributed by atoms with E-state index in [1.807, 2.05) is 32.9 Å². The Morgan fingerprint density at radius 2 is 1.79 bits per heavy atom. The molecule has 0 fully saturated rings. The molecule has 1 amide bonds. The van der Waals surface area contributed by atoms with Crippen LogP contribution in [0.3, 0.4) is 0 Å². The highest BCUT2D eigenvalue weighted by atomic mass is 35.5. The third-order valence-electron chi connectivity index (χ3n) is 4.93. The molecule has 28 heavy (non-hydrogen) atoms. The number of ether oxygens (including phenoxy) is 2. The van der Waals surface area contributed by atoms with Crippen LogP contribution >= 0.6 is 11.6 Å². The van der Waals surface area contributed by atoms with Crippen LogP contribution in [0.25, 0.3) is 0 Å². The zero-order chi connectivity index (χ0) is 20.1. The molecule has 0 aliphatic carbocycles. The van der Waals surface area contributed by atoms with Crippen LogP contribution in [0.1, 0.15) is 30.5 Å². The SMILES string of the molecule is CCOc1cc2c(cc1OCC)C[NH+](CC(=O)Nc1ccc(Cl)cc1C)CC2. The molecule has 1 atom stereocenters. The summed E-state index contributed by atoms with van der Waals surface area (Å²) in [5, 5.41) is 3.67. The van der Waals surface area contributed by atoms with E-state index in [0.29, 0.717) is 24.8 Å². The number of anilines is 1. The fourth-order valence-electron chi connectivity index (χ4n) is 3.59. The summed E-state index contributed by atoms with van der Waals surface area (Å²) in [5.41, 5.74) is 4.28. The lowest BCUT2D eigenvalue weighted by Gasteiger charge is -2.26. The molecule has 5 nitrogen and oxygen atoms in total. The highest BCUT2D eigenvalue weighted by Gasteiger charge is 2.24. The first-order valence-corrected chi connectivity index (χ1v) is 10.2. The molecule has 0 aromatic heterocycles. The molecule has 1 aliphatic heterocycles. The van der Waals surface area contributed by atoms with Gasteiger partial charge in [0.05, 0.1) is 19.8 Å². The maximum atomic E-state index is 12.5. The van der Waals surface area contributed by atoms with Gasteiger partial charge in [0.1, 0.15) is 6.54 Å². The van der Waals surface area contributed by atoms with E-state index in [1.54, 1.807) is 6.07 Å². The molecule has 1 unspecified atom stereocenters. The van der Waals surface area contributed by atoms with Crippen molar-refractivity contribution in [1.82, 2.24) is 0 Å². The summed E-state index contributed by atoms with van der Waals surface area (Å²) in [6.45, 7) is 9.24. The normalized spacial score (nSPS) is 15.6. The van der Waals surface area contributed by atoms with Gasteiger partial charge in [0.2, 0.25) is 0 Å². The van der Waals surface area contributed by atoms with Crippen LogP contribution in [0.5, 0.6) is 11.5 Å². The number of benzene rings is 2. The molecule has 0 radical (unpaired) electrons. The predicted molar refractivity (Wildman–Crippen MR) is 112 cm³/mol. The van der Waals surface area contributed by atoms with Crippen molar-refractivity contribution in [2.45, 2.75) is 33.7 Å². The van der Waals surface area contributed by atoms with Gasteiger partial charge in [-0.25, -0.2) is 0 Å². The summed E-state index contributed by atoms with van der Waals surface area (Å²) in [6.07, 6.45) is 0.921. The van der Waals surface area contributed by atoms with Gasteiger partial charge in [0, 0.05) is 22.7 Å². The van der Waals surface area contributed by atoms with Gasteiger partial charge in [-0.3, -0.25) is 4.79 Å². The Bertz CT molecular complexity index is 854. The Hall–Kier alpha value is -2.24. The number of aryl methyl sites for hydroxylation is 1. The van der Waals surface area contributed by atoms with Gasteiger partial charge in [0.15, 0.2) is 18.0 Å². The fourth-order valence-corrected chi connectivity index (χ4v) is 3.81. The molecule has 0 saturated carbocycles. The summed E-state index contributed by atoms with van der Waals surface area (Å²) in [7, 11) is 0. The number of nitrogens with one attached hydrogen (secondary N) is 2. The number of halogens is 1. The number of amides is 1. The second-order valence-corrected chi connectivity index (χ2v) is 7.48. The predicted octanol–water partition coefficient (Wildman–Crippen LogP) is 3.03. The molecule has 3 rings (SSSR count). The second-order valence-electron chi connectivity index (χ2n) is 7.04. The molecule has 1 aliphatic rings. The van der Waals surface area contributed by atoms with Crippen LogP contribution in [0.4, 0.5) is 5.69 Å². The molecule has 0 saturated heterocycles. The number of rotatable bonds is 7. The molecule has 1 heterocycles. The Balaban J connectivity index is 1.67. The molecule has 150 valence electrons. The molecular formula is C22H28ClN2O3+. The van der Waals surface area contributed by atoms with Crippen molar-refractivity contribution in [3.63, 3.8) is 0 Å². The third-order valence-corrected chi connectivity index (χ3v) is 5.16. The van der Waals surface area contributed by atoms with Gasteiger partial charge < -0.3 is 19.7 Å². The number of carbonyl (C=O) groups is 1. The lowest BCUT2D eigenvalue weighted by Crippen LogP contribution is -3.12. The number of carbonyl (C=O) groups excluding carboxylic acids is 1. The first-order valence-electron chi connectivity index (χ1n) is 9.81. The van der Waals surface area contributed by atoms with E-state index in [-0.39, 0.29) is 5.91 Å². The smallest absolute Gasteiger partial charge is 0.279 e. The average molecular weight is 404 g/mol. The monoisotopic (exact) mass is 403 g/mol. The van der Waals surface area contributed by atoms with E-state index in [1.165, 1.54) is 16.0 Å². The van der Waals surface area contributed by atoms with Crippen molar-refractivity contribution in [2.24, 2.45) is 0 Å². The number of fused-ring (bicyclic) bond motifs is 1. The van der Waals surface area contributed by atoms with Crippen LogP contribution in [0.15, 0.2) is 30.3 Å². The summed E-state index contributed by atoms with van der Waals surface area (Å²) in [6, 6.07) is 9.66. The fraction of sp³-hybridized carbons (Fsp3) is 0.409. The minimum atomic E-state index is 0.0137. The minimum absolute atomic E-state index is 0.0137. The van der Waals surface area contributed by atoms with Gasteiger partial charge in [-0.15, -0.1) is 0 Å². The van der Waals surface area contributed by atoms with Crippen LogP contribution in [-0.4, -0.2) is 32.2 Å². The maximum Gasteiger partial charge on any atom is 0.279 e. The van der Waals surface area contributed by atoms with Gasteiger partial charge in [-0.05, 0) is 62.2 Å². The Morgan fingerprint density at radius 1 is 1.11 bits per heavy atom. The van der Waals surface area contributed by atoms with Gasteiger partial charge in [-0.2, -0.15) is 0 Å². The standard InChI is InChI=1S/C22H27ClN2O3/c1-4-27-20-11-16-8-9-25(13-17(16)12-21(20)28-5-2)14-22(26)24-19-7-6-18(23)10-15(19)3/h6-7,10-12H,4-5,8-9,13-14H2,1-3H3,(H,24,26)/p+1. The molecule has 0 bridgehead atoms. The molecule has 2 N–H and O–H groups in total. The van der Waals surface area contributed by atoms with Crippen LogP contribution in [-0.2, 0) is 17.8 Å². The maximum absolute atomic E-state index is 12.5. The zero-order valence-corrected chi connectivity index (χ0v) is 17.5. The third kappa shape index (κ3) is 4.97. The average Bonchev–Trinajstić information content (AvgIpc) is 2.65. The number of hydrogen-bond acceptors (Lipinski definition) is 3. The Labute approximate surface area is 171 Å². The van der Waals surface area contributed by atoms with Gasteiger partial charge in [0.25, 0.3) is 5.91 Å². The van der Waals surface area contributed by atoms with E-state index in [9.17, 15) is 4.79 Å². The van der Waals surface area contributed by atoms with E-state index in [0.717, 1.165) is 42.3 Å². The van der Waals surface area contributed by atoms with Gasteiger partial charge >= 0.3 is 0 Å². The molecule has 6 heteroatoms. The minimum Gasteiger partial charge on any atom is -0.490 e. The van der Waals surface area contributed by atoms with Crippen molar-refractivity contribution in [2.75, 3.05) is 31.6 Å². The quantitative estimate of drug-likeness (QED) is 0.747. The second kappa shape index (κ2) is 9.30. The summed E-state index contributed by atoms with van der Waals surface area (Å²) in [5.74, 6) is 1.60. The Morgan fingerprint density at radius 3 is 2.43 bits per heavy atom. The number of quaternary nitrogens is 1. The summed E-state index contributed by atoms with van der Waals surface area (Å²) in [4.78, 5) is 13.8. The summed E-state index contributed by atoms with van der Waals surface area (Å²) >= 11 is 5.99. The first-order chi connectivity index (χ1) is 13.5. The van der Waals surface area contributed by atoms with Crippen molar-refractivity contribution in [1.29, 1.82) is 0 Å². The highest BCUT2D eigenvalue weighted by molar-refractivity contribution is 6.30. The lowest BCUT2D eigenvalue weighted by atomic mass is 9.98. The van der Waals surface area contributed by atoms with Crippen molar-refractivity contribution in [3.05, 3.63) is 52.0 Å². The Kier molecular flexibility index (Phi) is 6.81. The lowest BCUT2D eigenvalue weighted by molar-refractivity contribution is -0.907. The van der Waals surface area contributed by atoms with Crippen LogP contribution in [0.2, 0.25) is 5.02 Å². The van der Waals surface area contributed by atoms with Crippen LogP contribution < -0.4 is 19.7 Å². The van der Waals surface area contributed by atoms with E-state index in [4.69, 9.17) is 21.1 Å². The van der Waals surface area contributed by atoms with Crippen LogP contribution in [0, 0.1) is 6.92 Å². The summed E-state index contributed by atoms with van der Waals surface area (Å²) < 4.78 is 11.5. The molecule has 2 aromatic rings. The van der Waals surface area contributed by atoms with E-state index < -0.39 is 0 Å². The molecule has 2 aromatic carbocycles. The van der Waals surface area contributed by atoms with Crippen molar-refractivity contribution < 1.29 is 19.2 Å². The molecule has 0 spiro atoms. The zero-order valence-electron chi connectivity index (χ0n) is 16.7. The van der Waals surface area contributed by atoms with E-state index >= 15 is 0 Å². The van der Waals surface area contributed by atoms with Gasteiger partial charge in [-0.1, -0.05) is 11.6 Å². The van der Waals surface area contributed by atoms with E-state index in [2.05, 4.69) is 17.4 Å². The number of hydrogen-bond donors (Lipinski definition) is 2. The first kappa shape index (κ1) is 20.5.